The van der Waals surface area contributed by atoms with Crippen LogP contribution >= 0.6 is 11.6 Å². The van der Waals surface area contributed by atoms with Gasteiger partial charge in [0.15, 0.2) is 11.5 Å². The van der Waals surface area contributed by atoms with E-state index in [-0.39, 0.29) is 0 Å². The lowest BCUT2D eigenvalue weighted by molar-refractivity contribution is 0.272. The Labute approximate surface area is 134 Å². The van der Waals surface area contributed by atoms with Crippen LogP contribution in [0.15, 0.2) is 24.3 Å². The molecule has 0 heterocycles. The molecule has 0 saturated heterocycles. The molecule has 0 fully saturated rings. The smallest absolute Gasteiger partial charge is 0.161 e. The van der Waals surface area contributed by atoms with Crippen molar-refractivity contribution in [2.24, 2.45) is 5.92 Å². The molecule has 1 rings (SSSR count). The number of para-hydroxylation sites is 2. The first-order valence-electron chi connectivity index (χ1n) is 7.93. The molecule has 120 valence electrons. The molecule has 0 bridgehead atoms. The lowest BCUT2D eigenvalue weighted by Crippen LogP contribution is -2.27. The number of rotatable bonds is 12. The molecule has 0 aliphatic rings. The predicted octanol–water partition coefficient (Wildman–Crippen LogP) is 4.10. The van der Waals surface area contributed by atoms with E-state index in [1.165, 1.54) is 12.8 Å². The van der Waals surface area contributed by atoms with Crippen LogP contribution < -0.4 is 14.8 Å². The summed E-state index contributed by atoms with van der Waals surface area (Å²) in [6, 6.07) is 7.79. The van der Waals surface area contributed by atoms with Gasteiger partial charge in [-0.15, -0.1) is 11.6 Å². The van der Waals surface area contributed by atoms with Gasteiger partial charge in [-0.3, -0.25) is 0 Å². The van der Waals surface area contributed by atoms with Gasteiger partial charge in [-0.1, -0.05) is 25.5 Å². The van der Waals surface area contributed by atoms with Gasteiger partial charge in [-0.05, 0) is 44.4 Å². The maximum atomic E-state index is 5.83. The summed E-state index contributed by atoms with van der Waals surface area (Å²) in [5, 5.41) is 3.45. The van der Waals surface area contributed by atoms with Crippen LogP contribution in [0.2, 0.25) is 0 Å². The molecule has 21 heavy (non-hydrogen) atoms. The van der Waals surface area contributed by atoms with Crippen LogP contribution in [-0.2, 0) is 0 Å². The molecule has 1 N–H and O–H groups in total. The summed E-state index contributed by atoms with van der Waals surface area (Å²) in [5.74, 6) is 3.03. The summed E-state index contributed by atoms with van der Waals surface area (Å²) in [7, 11) is 0. The highest BCUT2D eigenvalue weighted by molar-refractivity contribution is 6.17. The summed E-state index contributed by atoms with van der Waals surface area (Å²) in [4.78, 5) is 0. The molecule has 3 nitrogen and oxygen atoms in total. The maximum Gasteiger partial charge on any atom is 0.161 e. The molecular formula is C17H28ClNO2. The van der Waals surface area contributed by atoms with Crippen molar-refractivity contribution in [3.63, 3.8) is 0 Å². The zero-order valence-electron chi connectivity index (χ0n) is 13.2. The summed E-state index contributed by atoms with van der Waals surface area (Å²) >= 11 is 5.83. The highest BCUT2D eigenvalue weighted by Crippen LogP contribution is 2.26. The van der Waals surface area contributed by atoms with Crippen molar-refractivity contribution in [3.8, 4) is 11.5 Å². The van der Waals surface area contributed by atoms with Gasteiger partial charge in [0.05, 0.1) is 6.61 Å². The Balaban J connectivity index is 2.24. The number of ether oxygens (including phenoxy) is 2. The SMILES string of the molecule is CCCC(CCCl)CNCCOc1ccccc1OCC. The van der Waals surface area contributed by atoms with E-state index in [2.05, 4.69) is 12.2 Å². The number of hydrogen-bond acceptors (Lipinski definition) is 3. The minimum Gasteiger partial charge on any atom is -0.490 e. The van der Waals surface area contributed by atoms with Crippen LogP contribution in [0, 0.1) is 5.92 Å². The third-order valence-corrected chi connectivity index (χ3v) is 3.55. The van der Waals surface area contributed by atoms with Crippen molar-refractivity contribution in [2.75, 3.05) is 32.2 Å². The van der Waals surface area contributed by atoms with E-state index in [0.29, 0.717) is 19.1 Å². The van der Waals surface area contributed by atoms with Gasteiger partial charge in [0, 0.05) is 12.4 Å². The first-order valence-corrected chi connectivity index (χ1v) is 8.46. The molecule has 1 aromatic rings. The quantitative estimate of drug-likeness (QED) is 0.465. The Bertz CT molecular complexity index is 368. The van der Waals surface area contributed by atoms with E-state index in [9.17, 15) is 0 Å². The van der Waals surface area contributed by atoms with Gasteiger partial charge >= 0.3 is 0 Å². The molecule has 1 aromatic carbocycles. The van der Waals surface area contributed by atoms with Crippen LogP contribution in [0.1, 0.15) is 33.1 Å². The van der Waals surface area contributed by atoms with Crippen LogP contribution in [0.25, 0.3) is 0 Å². The fourth-order valence-corrected chi connectivity index (χ4v) is 2.60. The fourth-order valence-electron chi connectivity index (χ4n) is 2.29. The van der Waals surface area contributed by atoms with Crippen molar-refractivity contribution < 1.29 is 9.47 Å². The molecule has 0 radical (unpaired) electrons. The molecule has 0 aliphatic carbocycles. The van der Waals surface area contributed by atoms with Crippen molar-refractivity contribution in [1.82, 2.24) is 5.32 Å². The molecule has 0 amide bonds. The summed E-state index contributed by atoms with van der Waals surface area (Å²) in [6.45, 7) is 7.33. The Morgan fingerprint density at radius 2 is 1.81 bits per heavy atom. The first kappa shape index (κ1) is 18.1. The second kappa shape index (κ2) is 11.7. The molecule has 0 aromatic heterocycles. The van der Waals surface area contributed by atoms with E-state index in [1.54, 1.807) is 0 Å². The van der Waals surface area contributed by atoms with E-state index in [0.717, 1.165) is 36.9 Å². The number of benzene rings is 1. The van der Waals surface area contributed by atoms with E-state index in [4.69, 9.17) is 21.1 Å². The van der Waals surface area contributed by atoms with Crippen LogP contribution in [-0.4, -0.2) is 32.2 Å². The van der Waals surface area contributed by atoms with Gasteiger partial charge in [0.1, 0.15) is 6.61 Å². The lowest BCUT2D eigenvalue weighted by atomic mass is 10.0. The molecule has 0 saturated carbocycles. The zero-order valence-corrected chi connectivity index (χ0v) is 14.0. The molecule has 0 spiro atoms. The highest BCUT2D eigenvalue weighted by atomic mass is 35.5. The number of alkyl halides is 1. The summed E-state index contributed by atoms with van der Waals surface area (Å²) in [5.41, 5.74) is 0. The minimum atomic E-state index is 0.643. The average molecular weight is 314 g/mol. The third kappa shape index (κ3) is 7.58. The van der Waals surface area contributed by atoms with E-state index in [1.807, 2.05) is 31.2 Å². The Morgan fingerprint density at radius 3 is 2.43 bits per heavy atom. The molecule has 0 aliphatic heterocycles. The van der Waals surface area contributed by atoms with Crippen molar-refractivity contribution in [1.29, 1.82) is 0 Å². The summed E-state index contributed by atoms with van der Waals surface area (Å²) in [6.07, 6.45) is 3.52. The summed E-state index contributed by atoms with van der Waals surface area (Å²) < 4.78 is 11.3. The van der Waals surface area contributed by atoms with Gasteiger partial charge < -0.3 is 14.8 Å². The Kier molecular flexibility index (Phi) is 10.1. The Morgan fingerprint density at radius 1 is 1.10 bits per heavy atom. The van der Waals surface area contributed by atoms with E-state index < -0.39 is 0 Å². The van der Waals surface area contributed by atoms with Crippen LogP contribution in [0.3, 0.4) is 0 Å². The normalized spacial score (nSPS) is 12.1. The topological polar surface area (TPSA) is 30.5 Å². The van der Waals surface area contributed by atoms with Gasteiger partial charge in [-0.25, -0.2) is 0 Å². The number of hydrogen-bond donors (Lipinski definition) is 1. The second-order valence-corrected chi connectivity index (χ2v) is 5.44. The monoisotopic (exact) mass is 313 g/mol. The second-order valence-electron chi connectivity index (χ2n) is 5.06. The van der Waals surface area contributed by atoms with Crippen LogP contribution in [0.5, 0.6) is 11.5 Å². The largest absolute Gasteiger partial charge is 0.490 e. The van der Waals surface area contributed by atoms with Crippen molar-refractivity contribution in [2.45, 2.75) is 33.1 Å². The van der Waals surface area contributed by atoms with Crippen molar-refractivity contribution >= 4 is 11.6 Å². The number of nitrogens with one attached hydrogen (secondary N) is 1. The third-order valence-electron chi connectivity index (χ3n) is 3.33. The van der Waals surface area contributed by atoms with Gasteiger partial charge in [0.2, 0.25) is 0 Å². The molecule has 1 unspecified atom stereocenters. The molecular weight excluding hydrogens is 286 g/mol. The van der Waals surface area contributed by atoms with Crippen molar-refractivity contribution in [3.05, 3.63) is 24.3 Å². The van der Waals surface area contributed by atoms with Crippen LogP contribution in [0.4, 0.5) is 0 Å². The maximum absolute atomic E-state index is 5.83. The van der Waals surface area contributed by atoms with Gasteiger partial charge in [-0.2, -0.15) is 0 Å². The minimum absolute atomic E-state index is 0.643. The standard InChI is InChI=1S/C17H28ClNO2/c1-3-7-15(10-11-18)14-19-12-13-21-17-9-6-5-8-16(17)20-4-2/h5-6,8-9,15,19H,3-4,7,10-14H2,1-2H3. The molecule has 4 heteroatoms. The lowest BCUT2D eigenvalue weighted by Gasteiger charge is -2.16. The zero-order chi connectivity index (χ0) is 15.3. The predicted molar refractivity (Wildman–Crippen MR) is 89.7 cm³/mol. The highest BCUT2D eigenvalue weighted by Gasteiger charge is 2.07. The van der Waals surface area contributed by atoms with E-state index >= 15 is 0 Å². The number of halogens is 1. The average Bonchev–Trinajstić information content (AvgIpc) is 2.49. The first-order chi connectivity index (χ1) is 10.3. The molecule has 1 atom stereocenters. The Hall–Kier alpha value is -0.930. The fraction of sp³-hybridized carbons (Fsp3) is 0.647. The van der Waals surface area contributed by atoms with Gasteiger partial charge in [0.25, 0.3) is 0 Å².